The number of benzene rings is 2. The Bertz CT molecular complexity index is 583. The third kappa shape index (κ3) is 4.39. The van der Waals surface area contributed by atoms with Crippen LogP contribution >= 0.6 is 0 Å². The topological polar surface area (TPSA) is 55.1 Å². The van der Waals surface area contributed by atoms with Crippen LogP contribution < -0.4 is 11.1 Å². The van der Waals surface area contributed by atoms with Gasteiger partial charge in [0.05, 0.1) is 6.04 Å². The molecular weight excluding hydrogens is 267 g/mol. The summed E-state index contributed by atoms with van der Waals surface area (Å²) in [6.07, 6.45) is 0.218. The third-order valence-electron chi connectivity index (χ3n) is 3.38. The van der Waals surface area contributed by atoms with Gasteiger partial charge in [0.15, 0.2) is 0 Å². The van der Waals surface area contributed by atoms with Gasteiger partial charge in [0, 0.05) is 12.5 Å². The Morgan fingerprint density at radius 2 is 1.71 bits per heavy atom. The summed E-state index contributed by atoms with van der Waals surface area (Å²) in [5, 5.41) is 2.87. The van der Waals surface area contributed by atoms with Gasteiger partial charge < -0.3 is 11.1 Å². The molecule has 3 N–H and O–H groups in total. The zero-order valence-corrected chi connectivity index (χ0v) is 11.9. The molecule has 0 spiro atoms. The summed E-state index contributed by atoms with van der Waals surface area (Å²) in [6.45, 7) is 1.86. The van der Waals surface area contributed by atoms with Crippen molar-refractivity contribution in [3.05, 3.63) is 71.5 Å². The number of hydrogen-bond donors (Lipinski definition) is 2. The second kappa shape index (κ2) is 6.99. The van der Waals surface area contributed by atoms with E-state index in [0.29, 0.717) is 0 Å². The first-order valence-corrected chi connectivity index (χ1v) is 6.91. The van der Waals surface area contributed by atoms with Gasteiger partial charge in [0.25, 0.3) is 0 Å². The van der Waals surface area contributed by atoms with Crippen molar-refractivity contribution < 1.29 is 9.18 Å². The van der Waals surface area contributed by atoms with Gasteiger partial charge in [-0.05, 0) is 30.2 Å². The highest BCUT2D eigenvalue weighted by Gasteiger charge is 2.14. The zero-order chi connectivity index (χ0) is 15.2. The first kappa shape index (κ1) is 15.2. The molecule has 2 rings (SSSR count). The standard InChI is InChI=1S/C17H19FN2O/c1-12(13-7-9-15(18)10-8-13)20-17(21)11-16(19)14-5-3-2-4-6-14/h2-10,12,16H,11,19H2,1H3,(H,20,21). The van der Waals surface area contributed by atoms with E-state index >= 15 is 0 Å². The van der Waals surface area contributed by atoms with Gasteiger partial charge in [-0.1, -0.05) is 42.5 Å². The molecule has 2 unspecified atom stereocenters. The van der Waals surface area contributed by atoms with Crippen LogP contribution in [-0.4, -0.2) is 5.91 Å². The highest BCUT2D eigenvalue weighted by atomic mass is 19.1. The number of rotatable bonds is 5. The first-order valence-electron chi connectivity index (χ1n) is 6.91. The van der Waals surface area contributed by atoms with E-state index in [-0.39, 0.29) is 30.2 Å². The maximum absolute atomic E-state index is 12.9. The molecule has 2 aromatic rings. The summed E-state index contributed by atoms with van der Waals surface area (Å²) < 4.78 is 12.9. The van der Waals surface area contributed by atoms with Crippen molar-refractivity contribution in [2.75, 3.05) is 0 Å². The van der Waals surface area contributed by atoms with Crippen LogP contribution in [0.15, 0.2) is 54.6 Å². The number of nitrogens with two attached hydrogens (primary N) is 1. The van der Waals surface area contributed by atoms with Gasteiger partial charge in [0.1, 0.15) is 5.82 Å². The van der Waals surface area contributed by atoms with E-state index in [1.807, 2.05) is 37.3 Å². The molecule has 1 amide bonds. The van der Waals surface area contributed by atoms with Crippen LogP contribution in [-0.2, 0) is 4.79 Å². The fourth-order valence-corrected chi connectivity index (χ4v) is 2.15. The van der Waals surface area contributed by atoms with Gasteiger partial charge in [-0.2, -0.15) is 0 Å². The van der Waals surface area contributed by atoms with E-state index in [9.17, 15) is 9.18 Å². The Morgan fingerprint density at radius 3 is 2.33 bits per heavy atom. The molecule has 0 heterocycles. The summed E-state index contributed by atoms with van der Waals surface area (Å²) in [5.74, 6) is -0.411. The normalized spacial score (nSPS) is 13.5. The summed E-state index contributed by atoms with van der Waals surface area (Å²) in [6, 6.07) is 15.1. The number of halogens is 1. The minimum Gasteiger partial charge on any atom is -0.350 e. The fraction of sp³-hybridized carbons (Fsp3) is 0.235. The lowest BCUT2D eigenvalue weighted by Crippen LogP contribution is -2.29. The van der Waals surface area contributed by atoms with Gasteiger partial charge >= 0.3 is 0 Å². The van der Waals surface area contributed by atoms with Crippen molar-refractivity contribution in [3.63, 3.8) is 0 Å². The van der Waals surface area contributed by atoms with Crippen LogP contribution in [0.3, 0.4) is 0 Å². The molecule has 0 aliphatic rings. The summed E-state index contributed by atoms with van der Waals surface area (Å²) in [4.78, 5) is 12.0. The molecule has 0 bridgehead atoms. The summed E-state index contributed by atoms with van der Waals surface area (Å²) >= 11 is 0. The van der Waals surface area contributed by atoms with Crippen LogP contribution in [0.4, 0.5) is 4.39 Å². The van der Waals surface area contributed by atoms with Crippen molar-refractivity contribution in [2.24, 2.45) is 5.73 Å². The maximum Gasteiger partial charge on any atom is 0.222 e. The molecule has 0 saturated carbocycles. The SMILES string of the molecule is CC(NC(=O)CC(N)c1ccccc1)c1ccc(F)cc1. The molecule has 21 heavy (non-hydrogen) atoms. The number of carbonyl (C=O) groups excluding carboxylic acids is 1. The summed E-state index contributed by atoms with van der Waals surface area (Å²) in [7, 11) is 0. The molecule has 0 fully saturated rings. The van der Waals surface area contributed by atoms with E-state index in [1.165, 1.54) is 12.1 Å². The van der Waals surface area contributed by atoms with Crippen molar-refractivity contribution >= 4 is 5.91 Å². The smallest absolute Gasteiger partial charge is 0.222 e. The number of hydrogen-bond acceptors (Lipinski definition) is 2. The van der Waals surface area contributed by atoms with Crippen molar-refractivity contribution in [1.82, 2.24) is 5.32 Å². The minimum absolute atomic E-state index is 0.122. The van der Waals surface area contributed by atoms with Gasteiger partial charge in [0.2, 0.25) is 5.91 Å². The lowest BCUT2D eigenvalue weighted by Gasteiger charge is -2.17. The molecule has 0 radical (unpaired) electrons. The molecule has 110 valence electrons. The van der Waals surface area contributed by atoms with Gasteiger partial charge in [-0.25, -0.2) is 4.39 Å². The quantitative estimate of drug-likeness (QED) is 0.887. The van der Waals surface area contributed by atoms with E-state index < -0.39 is 0 Å². The summed E-state index contributed by atoms with van der Waals surface area (Å²) in [5.41, 5.74) is 7.81. The molecule has 0 aliphatic heterocycles. The van der Waals surface area contributed by atoms with Gasteiger partial charge in [-0.15, -0.1) is 0 Å². The highest BCUT2D eigenvalue weighted by molar-refractivity contribution is 5.77. The molecule has 0 saturated heterocycles. The van der Waals surface area contributed by atoms with E-state index in [0.717, 1.165) is 11.1 Å². The van der Waals surface area contributed by atoms with Crippen LogP contribution in [0.2, 0.25) is 0 Å². The Kier molecular flexibility index (Phi) is 5.06. The first-order chi connectivity index (χ1) is 10.1. The molecule has 4 heteroatoms. The Labute approximate surface area is 124 Å². The van der Waals surface area contributed by atoms with Crippen molar-refractivity contribution in [3.8, 4) is 0 Å². The lowest BCUT2D eigenvalue weighted by molar-refractivity contribution is -0.122. The van der Waals surface area contributed by atoms with Crippen LogP contribution in [0.5, 0.6) is 0 Å². The third-order valence-corrected chi connectivity index (χ3v) is 3.38. The average Bonchev–Trinajstić information content (AvgIpc) is 2.48. The maximum atomic E-state index is 12.9. The monoisotopic (exact) mass is 286 g/mol. The number of nitrogens with one attached hydrogen (secondary N) is 1. The van der Waals surface area contributed by atoms with Crippen molar-refractivity contribution in [2.45, 2.75) is 25.4 Å². The molecule has 2 atom stereocenters. The molecule has 0 aliphatic carbocycles. The predicted molar refractivity (Wildman–Crippen MR) is 80.9 cm³/mol. The Hall–Kier alpha value is -2.20. The van der Waals surface area contributed by atoms with E-state index in [2.05, 4.69) is 5.32 Å². The van der Waals surface area contributed by atoms with E-state index in [4.69, 9.17) is 5.73 Å². The zero-order valence-electron chi connectivity index (χ0n) is 11.9. The van der Waals surface area contributed by atoms with Gasteiger partial charge in [-0.3, -0.25) is 4.79 Å². The fourth-order valence-electron chi connectivity index (χ4n) is 2.15. The highest BCUT2D eigenvalue weighted by Crippen LogP contribution is 2.16. The van der Waals surface area contributed by atoms with E-state index in [1.54, 1.807) is 12.1 Å². The molecule has 2 aromatic carbocycles. The second-order valence-electron chi connectivity index (χ2n) is 5.06. The van der Waals surface area contributed by atoms with Crippen molar-refractivity contribution in [1.29, 1.82) is 0 Å². The molecule has 3 nitrogen and oxygen atoms in total. The Balaban J connectivity index is 1.91. The van der Waals surface area contributed by atoms with Crippen LogP contribution in [0, 0.1) is 5.82 Å². The average molecular weight is 286 g/mol. The van der Waals surface area contributed by atoms with Crippen LogP contribution in [0.25, 0.3) is 0 Å². The number of amides is 1. The molecule has 0 aromatic heterocycles. The number of carbonyl (C=O) groups is 1. The molecular formula is C17H19FN2O. The minimum atomic E-state index is -0.327. The lowest BCUT2D eigenvalue weighted by atomic mass is 10.0. The second-order valence-corrected chi connectivity index (χ2v) is 5.06. The largest absolute Gasteiger partial charge is 0.350 e. The Morgan fingerprint density at radius 1 is 1.10 bits per heavy atom. The van der Waals surface area contributed by atoms with Crippen LogP contribution in [0.1, 0.15) is 36.6 Å². The predicted octanol–water partition coefficient (Wildman–Crippen LogP) is 3.09.